The van der Waals surface area contributed by atoms with Crippen molar-refractivity contribution in [3.8, 4) is 0 Å². The van der Waals surface area contributed by atoms with Crippen LogP contribution in [0, 0.1) is 0 Å². The predicted molar refractivity (Wildman–Crippen MR) is 94.6 cm³/mol. The van der Waals surface area contributed by atoms with Gasteiger partial charge in [-0.2, -0.15) is 0 Å². The van der Waals surface area contributed by atoms with E-state index in [1.54, 1.807) is 0 Å². The standard InChI is InChI=1S/C18H28N4O2/c1-2-9-20-17(23)13-22-10-7-16(8-11-22)21-18(24)15-5-3-14(12-19)4-6-15/h3-6,16H,2,7-13,19H2,1H3,(H,20,23)(H,21,24). The Morgan fingerprint density at radius 1 is 1.21 bits per heavy atom. The Labute approximate surface area is 143 Å². The van der Waals surface area contributed by atoms with Crippen molar-refractivity contribution in [2.75, 3.05) is 26.2 Å². The van der Waals surface area contributed by atoms with Crippen molar-refractivity contribution in [2.45, 2.75) is 38.8 Å². The summed E-state index contributed by atoms with van der Waals surface area (Å²) in [6, 6.07) is 7.55. The van der Waals surface area contributed by atoms with Crippen LogP contribution < -0.4 is 16.4 Å². The molecule has 1 aliphatic heterocycles. The Hall–Kier alpha value is -1.92. The Kier molecular flexibility index (Phi) is 7.21. The fourth-order valence-electron chi connectivity index (χ4n) is 2.82. The number of rotatable bonds is 7. The van der Waals surface area contributed by atoms with Crippen LogP contribution in [0.25, 0.3) is 0 Å². The second-order valence-corrected chi connectivity index (χ2v) is 6.27. The topological polar surface area (TPSA) is 87.5 Å². The molecule has 1 fully saturated rings. The first kappa shape index (κ1) is 18.4. The van der Waals surface area contributed by atoms with Crippen LogP contribution in [0.4, 0.5) is 0 Å². The van der Waals surface area contributed by atoms with Gasteiger partial charge in [0.2, 0.25) is 5.91 Å². The van der Waals surface area contributed by atoms with Gasteiger partial charge in [-0.05, 0) is 37.0 Å². The number of nitrogens with two attached hydrogens (primary N) is 1. The minimum atomic E-state index is -0.0438. The van der Waals surface area contributed by atoms with E-state index in [1.807, 2.05) is 31.2 Å². The van der Waals surface area contributed by atoms with Crippen molar-refractivity contribution >= 4 is 11.8 Å². The molecule has 2 amide bonds. The van der Waals surface area contributed by atoms with Crippen LogP contribution in [-0.2, 0) is 11.3 Å². The van der Waals surface area contributed by atoms with Crippen molar-refractivity contribution in [1.29, 1.82) is 0 Å². The molecule has 2 rings (SSSR count). The number of amides is 2. The number of benzene rings is 1. The molecule has 4 N–H and O–H groups in total. The van der Waals surface area contributed by atoms with Gasteiger partial charge >= 0.3 is 0 Å². The second-order valence-electron chi connectivity index (χ2n) is 6.27. The van der Waals surface area contributed by atoms with Gasteiger partial charge < -0.3 is 16.4 Å². The summed E-state index contributed by atoms with van der Waals surface area (Å²) in [5.74, 6) is 0.0389. The fraction of sp³-hybridized carbons (Fsp3) is 0.556. The van der Waals surface area contributed by atoms with Gasteiger partial charge in [-0.3, -0.25) is 14.5 Å². The lowest BCUT2D eigenvalue weighted by atomic mass is 10.0. The number of likely N-dealkylation sites (tertiary alicyclic amines) is 1. The molecule has 0 bridgehead atoms. The molecule has 1 aromatic rings. The van der Waals surface area contributed by atoms with Crippen LogP contribution in [0.2, 0.25) is 0 Å². The number of nitrogens with zero attached hydrogens (tertiary/aromatic N) is 1. The summed E-state index contributed by atoms with van der Waals surface area (Å²) >= 11 is 0. The normalized spacial score (nSPS) is 15.9. The van der Waals surface area contributed by atoms with Gasteiger partial charge in [-0.1, -0.05) is 19.1 Å². The molecule has 0 atom stereocenters. The minimum Gasteiger partial charge on any atom is -0.355 e. The van der Waals surface area contributed by atoms with Crippen molar-refractivity contribution in [1.82, 2.24) is 15.5 Å². The summed E-state index contributed by atoms with van der Waals surface area (Å²) in [6.45, 7) is 5.35. The number of hydrogen-bond donors (Lipinski definition) is 3. The van der Waals surface area contributed by atoms with E-state index >= 15 is 0 Å². The third kappa shape index (κ3) is 5.62. The minimum absolute atomic E-state index is 0.0438. The maximum Gasteiger partial charge on any atom is 0.251 e. The quantitative estimate of drug-likeness (QED) is 0.691. The number of carbonyl (C=O) groups excluding carboxylic acids is 2. The molecule has 0 unspecified atom stereocenters. The summed E-state index contributed by atoms with van der Waals surface area (Å²) in [7, 11) is 0. The van der Waals surface area contributed by atoms with E-state index in [0.717, 1.165) is 44.5 Å². The number of nitrogens with one attached hydrogen (secondary N) is 2. The van der Waals surface area contributed by atoms with E-state index in [0.29, 0.717) is 18.7 Å². The van der Waals surface area contributed by atoms with Crippen LogP contribution in [0.1, 0.15) is 42.1 Å². The van der Waals surface area contributed by atoms with Gasteiger partial charge in [0.25, 0.3) is 5.91 Å². The monoisotopic (exact) mass is 332 g/mol. The van der Waals surface area contributed by atoms with Gasteiger partial charge in [0.1, 0.15) is 0 Å². The maximum atomic E-state index is 12.3. The third-order valence-electron chi connectivity index (χ3n) is 4.31. The van der Waals surface area contributed by atoms with Gasteiger partial charge in [0.15, 0.2) is 0 Å². The SMILES string of the molecule is CCCNC(=O)CN1CCC(NC(=O)c2ccc(CN)cc2)CC1. The number of piperidine rings is 1. The van der Waals surface area contributed by atoms with Crippen molar-refractivity contribution in [2.24, 2.45) is 5.73 Å². The Morgan fingerprint density at radius 3 is 2.46 bits per heavy atom. The molecule has 0 aromatic heterocycles. The third-order valence-corrected chi connectivity index (χ3v) is 4.31. The van der Waals surface area contributed by atoms with E-state index in [4.69, 9.17) is 5.73 Å². The van der Waals surface area contributed by atoms with Crippen LogP contribution in [0.15, 0.2) is 24.3 Å². The van der Waals surface area contributed by atoms with Crippen molar-refractivity contribution in [3.05, 3.63) is 35.4 Å². The zero-order valence-corrected chi connectivity index (χ0v) is 14.4. The lowest BCUT2D eigenvalue weighted by Gasteiger charge is -2.31. The van der Waals surface area contributed by atoms with Gasteiger partial charge in [0.05, 0.1) is 6.54 Å². The highest BCUT2D eigenvalue weighted by Crippen LogP contribution is 2.11. The maximum absolute atomic E-state index is 12.3. The number of carbonyl (C=O) groups is 2. The van der Waals surface area contributed by atoms with Crippen LogP contribution >= 0.6 is 0 Å². The van der Waals surface area contributed by atoms with E-state index in [9.17, 15) is 9.59 Å². The molecule has 132 valence electrons. The smallest absolute Gasteiger partial charge is 0.251 e. The Bertz CT molecular complexity index is 536. The molecule has 24 heavy (non-hydrogen) atoms. The summed E-state index contributed by atoms with van der Waals surface area (Å²) in [5, 5.41) is 5.98. The molecule has 0 spiro atoms. The first-order chi connectivity index (χ1) is 11.6. The van der Waals surface area contributed by atoms with Gasteiger partial charge in [0, 0.05) is 37.8 Å². The largest absolute Gasteiger partial charge is 0.355 e. The lowest BCUT2D eigenvalue weighted by Crippen LogP contribution is -2.47. The summed E-state index contributed by atoms with van der Waals surface area (Å²) in [6.07, 6.45) is 2.69. The highest BCUT2D eigenvalue weighted by atomic mass is 16.2. The van der Waals surface area contributed by atoms with Crippen LogP contribution in [-0.4, -0.2) is 48.9 Å². The van der Waals surface area contributed by atoms with E-state index in [2.05, 4.69) is 15.5 Å². The number of hydrogen-bond acceptors (Lipinski definition) is 4. The molecule has 1 aromatic carbocycles. The summed E-state index contributed by atoms with van der Waals surface area (Å²) < 4.78 is 0. The van der Waals surface area contributed by atoms with E-state index < -0.39 is 0 Å². The molecule has 0 aliphatic carbocycles. The van der Waals surface area contributed by atoms with Crippen LogP contribution in [0.5, 0.6) is 0 Å². The van der Waals surface area contributed by atoms with Crippen molar-refractivity contribution < 1.29 is 9.59 Å². The van der Waals surface area contributed by atoms with Gasteiger partial charge in [-0.25, -0.2) is 0 Å². The first-order valence-electron chi connectivity index (χ1n) is 8.71. The zero-order valence-electron chi connectivity index (χ0n) is 14.4. The molecule has 6 heteroatoms. The molecule has 6 nitrogen and oxygen atoms in total. The van der Waals surface area contributed by atoms with Gasteiger partial charge in [-0.15, -0.1) is 0 Å². The first-order valence-corrected chi connectivity index (χ1v) is 8.71. The Morgan fingerprint density at radius 2 is 1.88 bits per heavy atom. The lowest BCUT2D eigenvalue weighted by molar-refractivity contribution is -0.122. The second kappa shape index (κ2) is 9.39. The zero-order chi connectivity index (χ0) is 17.4. The highest BCUT2D eigenvalue weighted by molar-refractivity contribution is 5.94. The summed E-state index contributed by atoms with van der Waals surface area (Å²) in [4.78, 5) is 26.1. The average Bonchev–Trinajstić information content (AvgIpc) is 2.61. The average molecular weight is 332 g/mol. The van der Waals surface area contributed by atoms with Crippen LogP contribution in [0.3, 0.4) is 0 Å². The van der Waals surface area contributed by atoms with Crippen molar-refractivity contribution in [3.63, 3.8) is 0 Å². The Balaban J connectivity index is 1.74. The predicted octanol–water partition coefficient (Wildman–Crippen LogP) is 0.866. The van der Waals surface area contributed by atoms with E-state index in [1.165, 1.54) is 0 Å². The fourth-order valence-corrected chi connectivity index (χ4v) is 2.82. The highest BCUT2D eigenvalue weighted by Gasteiger charge is 2.22. The molecule has 0 radical (unpaired) electrons. The molecule has 1 saturated heterocycles. The molecule has 1 aliphatic rings. The molecule has 0 saturated carbocycles. The molecule has 1 heterocycles. The molecular formula is C18H28N4O2. The summed E-state index contributed by atoms with van der Waals surface area (Å²) in [5.41, 5.74) is 7.24. The molecular weight excluding hydrogens is 304 g/mol. The van der Waals surface area contributed by atoms with E-state index in [-0.39, 0.29) is 17.9 Å².